The summed E-state index contributed by atoms with van der Waals surface area (Å²) >= 11 is 1.79. The van der Waals surface area contributed by atoms with Crippen LogP contribution in [0.3, 0.4) is 0 Å². The van der Waals surface area contributed by atoms with E-state index in [1.54, 1.807) is 11.3 Å². The van der Waals surface area contributed by atoms with Crippen molar-refractivity contribution in [2.24, 2.45) is 0 Å². The van der Waals surface area contributed by atoms with Crippen LogP contribution in [-0.4, -0.2) is 4.98 Å². The third-order valence-corrected chi connectivity index (χ3v) is 9.84. The van der Waals surface area contributed by atoms with Crippen LogP contribution in [0.25, 0.3) is 65.0 Å². The lowest BCUT2D eigenvalue weighted by Gasteiger charge is -2.28. The Hall–Kier alpha value is -5.97. The van der Waals surface area contributed by atoms with Crippen LogP contribution >= 0.6 is 11.3 Å². The van der Waals surface area contributed by atoms with E-state index in [1.165, 1.54) is 42.4 Å². The molecule has 0 aliphatic rings. The number of aromatic nitrogens is 1. The molecule has 9 rings (SSSR count). The van der Waals surface area contributed by atoms with E-state index >= 15 is 0 Å². The zero-order valence-electron chi connectivity index (χ0n) is 25.4. The van der Waals surface area contributed by atoms with Crippen molar-refractivity contribution < 1.29 is 4.42 Å². The van der Waals surface area contributed by atoms with Gasteiger partial charge in [0.15, 0.2) is 5.58 Å². The highest BCUT2D eigenvalue weighted by atomic mass is 32.1. The lowest BCUT2D eigenvalue weighted by atomic mass is 10.0. The Labute approximate surface area is 276 Å². The number of thiophene rings is 1. The summed E-state index contributed by atoms with van der Waals surface area (Å²) in [5.74, 6) is 0.644. The van der Waals surface area contributed by atoms with Crippen molar-refractivity contribution >= 4 is 59.7 Å². The summed E-state index contributed by atoms with van der Waals surface area (Å²) in [6, 6.07) is 59.9. The van der Waals surface area contributed by atoms with Crippen molar-refractivity contribution in [3.05, 3.63) is 170 Å². The van der Waals surface area contributed by atoms with Gasteiger partial charge in [0, 0.05) is 42.7 Å². The average molecular weight is 621 g/mol. The zero-order chi connectivity index (χ0) is 31.2. The minimum Gasteiger partial charge on any atom is -0.436 e. The van der Waals surface area contributed by atoms with Crippen molar-refractivity contribution in [1.29, 1.82) is 0 Å². The quantitative estimate of drug-likeness (QED) is 0.185. The summed E-state index contributed by atoms with van der Waals surface area (Å²) in [5.41, 5.74) is 10.7. The van der Waals surface area contributed by atoms with Crippen LogP contribution in [0.15, 0.2) is 174 Å². The number of hydrogen-bond acceptors (Lipinski definition) is 4. The normalized spacial score (nSPS) is 11.4. The van der Waals surface area contributed by atoms with E-state index in [4.69, 9.17) is 9.40 Å². The Kier molecular flexibility index (Phi) is 6.65. The van der Waals surface area contributed by atoms with Crippen LogP contribution in [0.5, 0.6) is 0 Å². The number of anilines is 3. The summed E-state index contributed by atoms with van der Waals surface area (Å²) < 4.78 is 8.72. The molecule has 0 fully saturated rings. The highest BCUT2D eigenvalue weighted by Gasteiger charge is 2.19. The molecule has 2 aromatic heterocycles. The maximum absolute atomic E-state index is 6.29. The van der Waals surface area contributed by atoms with Gasteiger partial charge in [-0.3, -0.25) is 0 Å². The minimum atomic E-state index is 0.644. The van der Waals surface area contributed by atoms with Crippen LogP contribution in [0.2, 0.25) is 0 Å². The van der Waals surface area contributed by atoms with Gasteiger partial charge in [0.2, 0.25) is 5.89 Å². The highest BCUT2D eigenvalue weighted by Crippen LogP contribution is 2.44. The van der Waals surface area contributed by atoms with Gasteiger partial charge in [0.25, 0.3) is 0 Å². The Bertz CT molecular complexity index is 2500. The van der Waals surface area contributed by atoms with Crippen LogP contribution in [-0.2, 0) is 0 Å². The van der Waals surface area contributed by atoms with Gasteiger partial charge in [0.1, 0.15) is 5.52 Å². The number of benzene rings is 7. The van der Waals surface area contributed by atoms with E-state index in [1.807, 2.05) is 30.3 Å². The first-order valence-electron chi connectivity index (χ1n) is 15.7. The fourth-order valence-corrected chi connectivity index (χ4v) is 7.52. The van der Waals surface area contributed by atoms with Gasteiger partial charge in [-0.25, -0.2) is 4.98 Å². The molecule has 2 heterocycles. The smallest absolute Gasteiger partial charge is 0.227 e. The lowest BCUT2D eigenvalue weighted by molar-refractivity contribution is 0.620. The number of oxazole rings is 1. The van der Waals surface area contributed by atoms with E-state index < -0.39 is 0 Å². The van der Waals surface area contributed by atoms with Crippen molar-refractivity contribution in [2.75, 3.05) is 4.90 Å². The van der Waals surface area contributed by atoms with Gasteiger partial charge < -0.3 is 9.32 Å². The molecular formula is C43H28N2OS. The topological polar surface area (TPSA) is 29.3 Å². The second-order valence-electron chi connectivity index (χ2n) is 11.6. The summed E-state index contributed by atoms with van der Waals surface area (Å²) in [6.45, 7) is 0. The Morgan fingerprint density at radius 2 is 1.06 bits per heavy atom. The van der Waals surface area contributed by atoms with Crippen molar-refractivity contribution in [3.63, 3.8) is 0 Å². The third kappa shape index (κ3) is 4.96. The fourth-order valence-electron chi connectivity index (χ4n) is 6.42. The molecule has 0 spiro atoms. The van der Waals surface area contributed by atoms with E-state index in [0.717, 1.165) is 33.7 Å². The van der Waals surface area contributed by atoms with Gasteiger partial charge in [-0.1, -0.05) is 109 Å². The number of nitrogens with zero attached hydrogens (tertiary/aromatic N) is 2. The van der Waals surface area contributed by atoms with E-state index in [2.05, 4.69) is 144 Å². The average Bonchev–Trinajstić information content (AvgIpc) is 3.73. The van der Waals surface area contributed by atoms with E-state index in [-0.39, 0.29) is 0 Å². The monoisotopic (exact) mass is 620 g/mol. The van der Waals surface area contributed by atoms with Crippen LogP contribution < -0.4 is 4.90 Å². The molecule has 0 radical (unpaired) electrons. The molecule has 0 saturated heterocycles. The van der Waals surface area contributed by atoms with Crippen LogP contribution in [0.4, 0.5) is 17.1 Å². The van der Waals surface area contributed by atoms with Gasteiger partial charge in [-0.2, -0.15) is 0 Å². The molecule has 0 atom stereocenters. The first kappa shape index (κ1) is 27.3. The maximum atomic E-state index is 6.29. The van der Waals surface area contributed by atoms with Gasteiger partial charge in [0.05, 0.1) is 5.69 Å². The maximum Gasteiger partial charge on any atom is 0.227 e. The molecule has 9 aromatic rings. The van der Waals surface area contributed by atoms with E-state index in [9.17, 15) is 0 Å². The van der Waals surface area contributed by atoms with Crippen LogP contribution in [0, 0.1) is 0 Å². The van der Waals surface area contributed by atoms with E-state index in [0.29, 0.717) is 5.89 Å². The second kappa shape index (κ2) is 11.4. The number of rotatable bonds is 6. The van der Waals surface area contributed by atoms with Crippen molar-refractivity contribution in [2.45, 2.75) is 0 Å². The SMILES string of the molecule is c1ccc(-c2ccc(N(c3ccc4sc5cc6nc(-c7ccccc7)oc6cc5c4c3)c3ccccc3-c3ccccc3)cc2)cc1. The summed E-state index contributed by atoms with van der Waals surface area (Å²) in [6.07, 6.45) is 0. The number of para-hydroxylation sites is 1. The molecule has 0 unspecified atom stereocenters. The molecule has 0 amide bonds. The van der Waals surface area contributed by atoms with Gasteiger partial charge in [-0.15, -0.1) is 11.3 Å². The lowest BCUT2D eigenvalue weighted by Crippen LogP contribution is -2.11. The molecule has 3 nitrogen and oxygen atoms in total. The largest absolute Gasteiger partial charge is 0.436 e. The summed E-state index contributed by atoms with van der Waals surface area (Å²) in [5, 5.41) is 2.37. The zero-order valence-corrected chi connectivity index (χ0v) is 26.2. The molecule has 4 heteroatoms. The molecule has 7 aromatic carbocycles. The number of hydrogen-bond donors (Lipinski definition) is 0. The second-order valence-corrected chi connectivity index (χ2v) is 12.7. The first-order valence-corrected chi connectivity index (χ1v) is 16.5. The molecule has 0 aliphatic heterocycles. The fraction of sp³-hybridized carbons (Fsp3) is 0. The highest BCUT2D eigenvalue weighted by molar-refractivity contribution is 7.25. The predicted molar refractivity (Wildman–Crippen MR) is 198 cm³/mol. The molecule has 0 bridgehead atoms. The Morgan fingerprint density at radius 1 is 0.468 bits per heavy atom. The number of fused-ring (bicyclic) bond motifs is 4. The molecular weight excluding hydrogens is 593 g/mol. The minimum absolute atomic E-state index is 0.644. The molecule has 222 valence electrons. The first-order chi connectivity index (χ1) is 23.3. The summed E-state index contributed by atoms with van der Waals surface area (Å²) in [7, 11) is 0. The van der Waals surface area contributed by atoms with Gasteiger partial charge >= 0.3 is 0 Å². The third-order valence-electron chi connectivity index (χ3n) is 8.70. The van der Waals surface area contributed by atoms with Crippen molar-refractivity contribution in [3.8, 4) is 33.7 Å². The molecule has 0 saturated carbocycles. The Morgan fingerprint density at radius 3 is 1.81 bits per heavy atom. The molecule has 0 N–H and O–H groups in total. The predicted octanol–water partition coefficient (Wildman–Crippen LogP) is 12.7. The molecule has 47 heavy (non-hydrogen) atoms. The van der Waals surface area contributed by atoms with Crippen LogP contribution in [0.1, 0.15) is 0 Å². The van der Waals surface area contributed by atoms with Gasteiger partial charge in [-0.05, 0) is 77.4 Å². The standard InChI is InChI=1S/C43H28N2OS/c1-4-12-29(13-5-1)30-20-22-33(23-21-30)45(39-19-11-10-18-35(39)31-14-6-2-7-15-31)34-24-25-41-36(26-34)37-27-40-38(28-42(37)47-41)44-43(46-40)32-16-8-3-9-17-32/h1-28H. The molecule has 0 aliphatic carbocycles. The van der Waals surface area contributed by atoms with Crippen molar-refractivity contribution in [1.82, 2.24) is 4.98 Å². The summed E-state index contributed by atoms with van der Waals surface area (Å²) in [4.78, 5) is 7.20. The Balaban J connectivity index is 1.21.